The van der Waals surface area contributed by atoms with Crippen LogP contribution in [0.5, 0.6) is 0 Å². The maximum atomic E-state index is 12.2. The van der Waals surface area contributed by atoms with Gasteiger partial charge in [0.2, 0.25) is 10.0 Å². The van der Waals surface area contributed by atoms with Gasteiger partial charge in [-0.05, 0) is 63.7 Å². The number of amides is 1. The molecule has 1 amide bonds. The summed E-state index contributed by atoms with van der Waals surface area (Å²) in [5.74, 6) is 1.05. The molecule has 2 saturated heterocycles. The molecule has 3 heterocycles. The number of para-hydroxylation sites is 1. The number of carboxylic acid groups (broad SMARTS) is 1. The number of carbonyl (C=O) groups is 1. The average molecular weight is 478 g/mol. The normalized spacial score (nSPS) is 19.6. The van der Waals surface area contributed by atoms with Crippen LogP contribution in [0.1, 0.15) is 31.5 Å². The van der Waals surface area contributed by atoms with Crippen molar-refractivity contribution in [1.29, 1.82) is 0 Å². The van der Waals surface area contributed by atoms with Gasteiger partial charge in [-0.1, -0.05) is 17.3 Å². The van der Waals surface area contributed by atoms with E-state index in [9.17, 15) is 18.3 Å². The molecule has 0 aliphatic carbocycles. The second-order valence-electron chi connectivity index (χ2n) is 8.93. The summed E-state index contributed by atoms with van der Waals surface area (Å²) in [5.41, 5.74) is 1.15. The highest BCUT2D eigenvalue weighted by atomic mass is 32.2. The van der Waals surface area contributed by atoms with Crippen molar-refractivity contribution in [2.75, 3.05) is 43.9 Å². The maximum absolute atomic E-state index is 12.2. The van der Waals surface area contributed by atoms with Crippen molar-refractivity contribution in [3.05, 3.63) is 30.1 Å². The lowest BCUT2D eigenvalue weighted by Gasteiger charge is -2.41. The first-order valence-corrected chi connectivity index (χ1v) is 13.2. The van der Waals surface area contributed by atoms with Crippen molar-refractivity contribution in [1.82, 2.24) is 19.3 Å². The Kier molecular flexibility index (Phi) is 7.01. The number of rotatable bonds is 6. The molecule has 0 spiro atoms. The van der Waals surface area contributed by atoms with E-state index in [0.29, 0.717) is 48.6 Å². The van der Waals surface area contributed by atoms with E-state index in [-0.39, 0.29) is 5.92 Å². The first-order chi connectivity index (χ1) is 15.7. The fourth-order valence-electron chi connectivity index (χ4n) is 4.87. The number of likely N-dealkylation sites (tertiary alicyclic amines) is 1. The minimum atomic E-state index is -3.12. The van der Waals surface area contributed by atoms with Crippen molar-refractivity contribution >= 4 is 21.8 Å². The number of sulfonamides is 1. The van der Waals surface area contributed by atoms with Gasteiger partial charge in [0.15, 0.2) is 5.82 Å². The van der Waals surface area contributed by atoms with Crippen LogP contribution in [-0.2, 0) is 10.0 Å². The lowest BCUT2D eigenvalue weighted by Crippen LogP contribution is -2.49. The van der Waals surface area contributed by atoms with Gasteiger partial charge in [-0.15, -0.1) is 0 Å². The molecule has 2 aliphatic rings. The van der Waals surface area contributed by atoms with Crippen LogP contribution < -0.4 is 4.90 Å². The Morgan fingerprint density at radius 1 is 1.15 bits per heavy atom. The quantitative estimate of drug-likeness (QED) is 0.674. The molecule has 0 radical (unpaired) electrons. The molecule has 1 N–H and O–H groups in total. The summed E-state index contributed by atoms with van der Waals surface area (Å²) in [6.07, 6.45) is 3.75. The Balaban J connectivity index is 1.38. The third-order valence-corrected chi connectivity index (χ3v) is 7.99. The van der Waals surface area contributed by atoms with Crippen LogP contribution in [0.15, 0.2) is 28.8 Å². The van der Waals surface area contributed by atoms with Crippen LogP contribution in [0, 0.1) is 12.8 Å². The molecular formula is C22H31N5O5S. The molecule has 10 nitrogen and oxygen atoms in total. The Morgan fingerprint density at radius 2 is 1.82 bits per heavy atom. The summed E-state index contributed by atoms with van der Waals surface area (Å²) in [7, 11) is -3.12. The van der Waals surface area contributed by atoms with Gasteiger partial charge < -0.3 is 14.5 Å². The first kappa shape index (κ1) is 23.7. The zero-order valence-electron chi connectivity index (χ0n) is 19.1. The van der Waals surface area contributed by atoms with E-state index in [2.05, 4.69) is 15.0 Å². The molecule has 2 fully saturated rings. The molecule has 2 aromatic rings. The molecule has 2 aliphatic heterocycles. The largest absolute Gasteiger partial charge is 0.465 e. The van der Waals surface area contributed by atoms with Crippen LogP contribution in [0.4, 0.5) is 10.5 Å². The van der Waals surface area contributed by atoms with Gasteiger partial charge in [0.05, 0.1) is 17.5 Å². The van der Waals surface area contributed by atoms with E-state index in [1.54, 1.807) is 23.4 Å². The smallest absolute Gasteiger partial charge is 0.411 e. The van der Waals surface area contributed by atoms with Gasteiger partial charge in [0, 0.05) is 25.7 Å². The van der Waals surface area contributed by atoms with Crippen molar-refractivity contribution in [2.24, 2.45) is 5.92 Å². The van der Waals surface area contributed by atoms with Gasteiger partial charge in [-0.25, -0.2) is 17.5 Å². The zero-order valence-corrected chi connectivity index (χ0v) is 19.9. The number of aryl methyl sites for hydroxylation is 1. The Hall–Kier alpha value is -2.50. The van der Waals surface area contributed by atoms with E-state index in [0.717, 1.165) is 38.8 Å². The van der Waals surface area contributed by atoms with E-state index in [1.807, 2.05) is 12.1 Å². The molecular weight excluding hydrogens is 446 g/mol. The molecule has 1 aromatic heterocycles. The van der Waals surface area contributed by atoms with Crippen molar-refractivity contribution in [2.45, 2.75) is 38.6 Å². The molecule has 1 aromatic carbocycles. The lowest BCUT2D eigenvalue weighted by atomic mass is 9.93. The number of nitrogens with zero attached hydrogens (tertiary/aromatic N) is 5. The number of piperidine rings is 2. The Morgan fingerprint density at radius 3 is 2.39 bits per heavy atom. The number of benzene rings is 1. The number of aromatic nitrogens is 2. The summed E-state index contributed by atoms with van der Waals surface area (Å²) in [6, 6.07) is 7.59. The summed E-state index contributed by atoms with van der Waals surface area (Å²) >= 11 is 0. The number of anilines is 1. The standard InChI is InChI=1S/C22H31N5O5S/c1-16-23-21(32-24-16)19-5-3-4-6-20(19)27(22(28)29)15-17-7-11-25(12-8-17)18-9-13-26(14-10-18)33(2,30)31/h3-6,17-18H,7-15H2,1-2H3,(H,28,29). The molecule has 0 bridgehead atoms. The minimum Gasteiger partial charge on any atom is -0.465 e. The summed E-state index contributed by atoms with van der Waals surface area (Å²) in [6.45, 7) is 5.06. The van der Waals surface area contributed by atoms with Crippen LogP contribution in [0.3, 0.4) is 0 Å². The fourth-order valence-corrected chi connectivity index (χ4v) is 5.75. The first-order valence-electron chi connectivity index (χ1n) is 11.3. The van der Waals surface area contributed by atoms with Crippen LogP contribution in [0.25, 0.3) is 11.5 Å². The monoisotopic (exact) mass is 477 g/mol. The number of hydrogen-bond donors (Lipinski definition) is 1. The van der Waals surface area contributed by atoms with Crippen molar-refractivity contribution in [3.63, 3.8) is 0 Å². The summed E-state index contributed by atoms with van der Waals surface area (Å²) in [4.78, 5) is 20.3. The highest BCUT2D eigenvalue weighted by molar-refractivity contribution is 7.88. The Labute approximate surface area is 194 Å². The molecule has 0 atom stereocenters. The summed E-state index contributed by atoms with van der Waals surface area (Å²) in [5, 5.41) is 13.8. The van der Waals surface area contributed by atoms with Crippen molar-refractivity contribution in [3.8, 4) is 11.5 Å². The van der Waals surface area contributed by atoms with Gasteiger partial charge in [0.1, 0.15) is 0 Å². The van der Waals surface area contributed by atoms with Gasteiger partial charge in [-0.2, -0.15) is 4.98 Å². The van der Waals surface area contributed by atoms with E-state index in [1.165, 1.54) is 11.2 Å². The van der Waals surface area contributed by atoms with Crippen LogP contribution in [-0.4, -0.2) is 84.0 Å². The second-order valence-corrected chi connectivity index (χ2v) is 10.9. The van der Waals surface area contributed by atoms with Crippen molar-refractivity contribution < 1.29 is 22.8 Å². The van der Waals surface area contributed by atoms with Gasteiger partial charge in [-0.3, -0.25) is 4.90 Å². The molecule has 0 unspecified atom stereocenters. The SMILES string of the molecule is Cc1noc(-c2ccccc2N(CC2CCN(C3CCN(S(C)(=O)=O)CC3)CC2)C(=O)O)n1. The molecule has 33 heavy (non-hydrogen) atoms. The van der Waals surface area contributed by atoms with E-state index >= 15 is 0 Å². The number of hydrogen-bond acceptors (Lipinski definition) is 7. The molecule has 4 rings (SSSR count). The third-order valence-electron chi connectivity index (χ3n) is 6.68. The minimum absolute atomic E-state index is 0.242. The van der Waals surface area contributed by atoms with Gasteiger partial charge >= 0.3 is 6.09 Å². The van der Waals surface area contributed by atoms with Crippen LogP contribution in [0.2, 0.25) is 0 Å². The summed E-state index contributed by atoms with van der Waals surface area (Å²) < 4.78 is 30.3. The van der Waals surface area contributed by atoms with Crippen LogP contribution >= 0.6 is 0 Å². The van der Waals surface area contributed by atoms with E-state index in [4.69, 9.17) is 4.52 Å². The molecule has 0 saturated carbocycles. The van der Waals surface area contributed by atoms with E-state index < -0.39 is 16.1 Å². The average Bonchev–Trinajstić information content (AvgIpc) is 3.23. The zero-order chi connectivity index (χ0) is 23.6. The Bertz CT molecular complexity index is 1070. The van der Waals surface area contributed by atoms with Gasteiger partial charge in [0.25, 0.3) is 5.89 Å². The highest BCUT2D eigenvalue weighted by Gasteiger charge is 2.32. The molecule has 180 valence electrons. The second kappa shape index (κ2) is 9.78. The highest BCUT2D eigenvalue weighted by Crippen LogP contribution is 2.32. The lowest BCUT2D eigenvalue weighted by molar-refractivity contribution is 0.0980. The maximum Gasteiger partial charge on any atom is 0.411 e. The molecule has 11 heteroatoms. The third kappa shape index (κ3) is 5.53. The predicted octanol–water partition coefficient (Wildman–Crippen LogP) is 2.67. The predicted molar refractivity (Wildman–Crippen MR) is 124 cm³/mol. The topological polar surface area (TPSA) is 120 Å². The fraction of sp³-hybridized carbons (Fsp3) is 0.591.